The minimum Gasteiger partial charge on any atom is -0.481 e. The van der Waals surface area contributed by atoms with E-state index in [1.165, 1.54) is 0 Å². The molecule has 0 rings (SSSR count). The first-order valence-electron chi connectivity index (χ1n) is 7.71. The number of aliphatic carboxylic acids is 1. The van der Waals surface area contributed by atoms with E-state index in [1.807, 2.05) is 0 Å². The van der Waals surface area contributed by atoms with Crippen molar-refractivity contribution >= 4 is 5.97 Å². The number of aliphatic hydroxyl groups is 1. The summed E-state index contributed by atoms with van der Waals surface area (Å²) < 4.78 is 0. The standard InChI is InChI=1S/C16H30O3/c1-2-3-4-9-12-15(17)13-10-7-5-6-8-11-14-16(18)19/h4,9,15,17H,2-3,5-8,10-14H2,1H3,(H,18,19). The summed E-state index contributed by atoms with van der Waals surface area (Å²) >= 11 is 0. The van der Waals surface area contributed by atoms with E-state index in [1.54, 1.807) is 0 Å². The minimum absolute atomic E-state index is 0.194. The Morgan fingerprint density at radius 1 is 1.05 bits per heavy atom. The van der Waals surface area contributed by atoms with Crippen LogP contribution in [-0.4, -0.2) is 22.3 Å². The second kappa shape index (κ2) is 13.6. The molecule has 0 aromatic carbocycles. The van der Waals surface area contributed by atoms with E-state index in [9.17, 15) is 9.90 Å². The maximum Gasteiger partial charge on any atom is 0.303 e. The number of carboxylic acid groups (broad SMARTS) is 1. The van der Waals surface area contributed by atoms with E-state index in [4.69, 9.17) is 5.11 Å². The van der Waals surface area contributed by atoms with Crippen LogP contribution in [0.5, 0.6) is 0 Å². The summed E-state index contributed by atoms with van der Waals surface area (Å²) in [6.45, 7) is 2.15. The molecule has 1 atom stereocenters. The number of carboxylic acids is 1. The molecule has 0 aliphatic heterocycles. The fraction of sp³-hybridized carbons (Fsp3) is 0.812. The second-order valence-corrected chi connectivity index (χ2v) is 5.20. The van der Waals surface area contributed by atoms with E-state index in [2.05, 4.69) is 19.1 Å². The maximum atomic E-state index is 10.3. The van der Waals surface area contributed by atoms with Crippen molar-refractivity contribution in [1.29, 1.82) is 0 Å². The van der Waals surface area contributed by atoms with Crippen LogP contribution >= 0.6 is 0 Å². The van der Waals surface area contributed by atoms with Gasteiger partial charge in [-0.05, 0) is 25.7 Å². The van der Waals surface area contributed by atoms with Crippen molar-refractivity contribution in [1.82, 2.24) is 0 Å². The quantitative estimate of drug-likeness (QED) is 0.387. The molecule has 0 spiro atoms. The molecule has 0 radical (unpaired) electrons. The molecule has 3 nitrogen and oxygen atoms in total. The molecule has 0 aromatic heterocycles. The van der Waals surface area contributed by atoms with Crippen LogP contribution in [-0.2, 0) is 4.79 Å². The molecule has 0 fully saturated rings. The van der Waals surface area contributed by atoms with Gasteiger partial charge in [0.15, 0.2) is 0 Å². The highest BCUT2D eigenvalue weighted by Crippen LogP contribution is 2.11. The summed E-state index contributed by atoms with van der Waals surface area (Å²) in [5.74, 6) is -0.695. The predicted molar refractivity (Wildman–Crippen MR) is 79.2 cm³/mol. The number of unbranched alkanes of at least 4 members (excludes halogenated alkanes) is 6. The predicted octanol–water partition coefficient (Wildman–Crippen LogP) is 4.30. The molecule has 3 heteroatoms. The molecule has 2 N–H and O–H groups in total. The van der Waals surface area contributed by atoms with Gasteiger partial charge in [0, 0.05) is 6.42 Å². The number of hydrogen-bond donors (Lipinski definition) is 2. The van der Waals surface area contributed by atoms with E-state index in [0.29, 0.717) is 6.42 Å². The fourth-order valence-corrected chi connectivity index (χ4v) is 2.02. The third-order valence-electron chi connectivity index (χ3n) is 3.21. The average molecular weight is 270 g/mol. The molecule has 0 amide bonds. The highest BCUT2D eigenvalue weighted by molar-refractivity contribution is 5.66. The van der Waals surface area contributed by atoms with Crippen LogP contribution in [0.3, 0.4) is 0 Å². The zero-order valence-corrected chi connectivity index (χ0v) is 12.3. The van der Waals surface area contributed by atoms with E-state index < -0.39 is 5.97 Å². The van der Waals surface area contributed by atoms with Crippen molar-refractivity contribution in [2.75, 3.05) is 0 Å². The molecule has 0 aliphatic carbocycles. The van der Waals surface area contributed by atoms with Gasteiger partial charge in [-0.1, -0.05) is 57.6 Å². The Balaban J connectivity index is 3.22. The van der Waals surface area contributed by atoms with Crippen LogP contribution < -0.4 is 0 Å². The Kier molecular flexibility index (Phi) is 13.0. The molecular formula is C16H30O3. The molecule has 1 unspecified atom stereocenters. The third-order valence-corrected chi connectivity index (χ3v) is 3.21. The Hall–Kier alpha value is -0.830. The Morgan fingerprint density at radius 3 is 2.32 bits per heavy atom. The van der Waals surface area contributed by atoms with Crippen LogP contribution in [0.1, 0.15) is 77.6 Å². The normalized spacial score (nSPS) is 12.9. The highest BCUT2D eigenvalue weighted by atomic mass is 16.4. The lowest BCUT2D eigenvalue weighted by atomic mass is 10.0. The van der Waals surface area contributed by atoms with Crippen LogP contribution in [0, 0.1) is 0 Å². The molecule has 19 heavy (non-hydrogen) atoms. The molecule has 0 bridgehead atoms. The van der Waals surface area contributed by atoms with E-state index >= 15 is 0 Å². The first-order valence-corrected chi connectivity index (χ1v) is 7.71. The fourth-order valence-electron chi connectivity index (χ4n) is 2.02. The zero-order chi connectivity index (χ0) is 14.3. The van der Waals surface area contributed by atoms with Crippen LogP contribution in [0.15, 0.2) is 12.2 Å². The molecule has 0 saturated heterocycles. The minimum atomic E-state index is -0.695. The first kappa shape index (κ1) is 18.2. The average Bonchev–Trinajstić information content (AvgIpc) is 2.37. The van der Waals surface area contributed by atoms with Crippen molar-refractivity contribution in [2.24, 2.45) is 0 Å². The lowest BCUT2D eigenvalue weighted by Gasteiger charge is -2.07. The van der Waals surface area contributed by atoms with Crippen molar-refractivity contribution in [3.63, 3.8) is 0 Å². The number of hydrogen-bond acceptors (Lipinski definition) is 2. The van der Waals surface area contributed by atoms with Gasteiger partial charge in [-0.3, -0.25) is 4.79 Å². The Morgan fingerprint density at radius 2 is 1.68 bits per heavy atom. The Bertz CT molecular complexity index is 236. The van der Waals surface area contributed by atoms with Gasteiger partial charge in [-0.2, -0.15) is 0 Å². The third kappa shape index (κ3) is 15.1. The number of allylic oxidation sites excluding steroid dienone is 1. The van der Waals surface area contributed by atoms with Crippen molar-refractivity contribution < 1.29 is 15.0 Å². The van der Waals surface area contributed by atoms with E-state index in [0.717, 1.165) is 64.2 Å². The van der Waals surface area contributed by atoms with Crippen molar-refractivity contribution in [3.8, 4) is 0 Å². The lowest BCUT2D eigenvalue weighted by Crippen LogP contribution is -2.04. The maximum absolute atomic E-state index is 10.3. The van der Waals surface area contributed by atoms with E-state index in [-0.39, 0.29) is 6.10 Å². The summed E-state index contributed by atoms with van der Waals surface area (Å²) in [5.41, 5.74) is 0. The largest absolute Gasteiger partial charge is 0.481 e. The van der Waals surface area contributed by atoms with Crippen LogP contribution in [0.25, 0.3) is 0 Å². The van der Waals surface area contributed by atoms with Crippen LogP contribution in [0.4, 0.5) is 0 Å². The monoisotopic (exact) mass is 270 g/mol. The molecule has 0 heterocycles. The zero-order valence-electron chi connectivity index (χ0n) is 12.3. The van der Waals surface area contributed by atoms with Gasteiger partial charge in [0.05, 0.1) is 6.10 Å². The number of rotatable bonds is 13. The second-order valence-electron chi connectivity index (χ2n) is 5.20. The number of aliphatic hydroxyl groups excluding tert-OH is 1. The summed E-state index contributed by atoms with van der Waals surface area (Å²) in [7, 11) is 0. The van der Waals surface area contributed by atoms with Gasteiger partial charge in [-0.15, -0.1) is 0 Å². The summed E-state index contributed by atoms with van der Waals surface area (Å²) in [6.07, 6.45) is 14.5. The topological polar surface area (TPSA) is 57.5 Å². The summed E-state index contributed by atoms with van der Waals surface area (Å²) in [6, 6.07) is 0. The lowest BCUT2D eigenvalue weighted by molar-refractivity contribution is -0.137. The van der Waals surface area contributed by atoms with Gasteiger partial charge in [0.2, 0.25) is 0 Å². The molecule has 112 valence electrons. The first-order chi connectivity index (χ1) is 9.16. The summed E-state index contributed by atoms with van der Waals surface area (Å²) in [5, 5.41) is 18.2. The SMILES string of the molecule is CCCC=CCC(O)CCCCCCCCC(=O)O. The molecule has 0 aliphatic rings. The van der Waals surface area contributed by atoms with Gasteiger partial charge in [0.1, 0.15) is 0 Å². The summed E-state index contributed by atoms with van der Waals surface area (Å²) in [4.78, 5) is 10.3. The van der Waals surface area contributed by atoms with Crippen molar-refractivity contribution in [3.05, 3.63) is 12.2 Å². The van der Waals surface area contributed by atoms with Gasteiger partial charge in [-0.25, -0.2) is 0 Å². The molecular weight excluding hydrogens is 240 g/mol. The smallest absolute Gasteiger partial charge is 0.303 e. The van der Waals surface area contributed by atoms with Gasteiger partial charge in [0.25, 0.3) is 0 Å². The van der Waals surface area contributed by atoms with Crippen molar-refractivity contribution in [2.45, 2.75) is 83.7 Å². The van der Waals surface area contributed by atoms with Gasteiger partial charge >= 0.3 is 5.97 Å². The van der Waals surface area contributed by atoms with Crippen LogP contribution in [0.2, 0.25) is 0 Å². The molecule has 0 saturated carbocycles. The molecule has 0 aromatic rings. The highest BCUT2D eigenvalue weighted by Gasteiger charge is 2.01. The van der Waals surface area contributed by atoms with Gasteiger partial charge < -0.3 is 10.2 Å². The number of carbonyl (C=O) groups is 1. The Labute approximate surface area is 117 Å².